The molecule has 0 spiro atoms. The summed E-state index contributed by atoms with van der Waals surface area (Å²) in [4.78, 5) is 10.3. The highest BCUT2D eigenvalue weighted by molar-refractivity contribution is 5.53. The van der Waals surface area contributed by atoms with E-state index in [2.05, 4.69) is 0 Å². The van der Waals surface area contributed by atoms with Crippen LogP contribution in [0, 0.1) is 5.92 Å². The molecule has 1 N–H and O–H groups in total. The maximum atomic E-state index is 10.3. The summed E-state index contributed by atoms with van der Waals surface area (Å²) in [5, 5.41) is 8.88. The third-order valence-corrected chi connectivity index (χ3v) is 1.67. The van der Waals surface area contributed by atoms with Crippen LogP contribution in [0.3, 0.4) is 0 Å². The Hall–Kier alpha value is -0.370. The van der Waals surface area contributed by atoms with Crippen molar-refractivity contribution in [2.75, 3.05) is 0 Å². The highest BCUT2D eigenvalue weighted by Crippen LogP contribution is 2.09. The second kappa shape index (κ2) is 5.42. The number of rotatable bonds is 5. The lowest BCUT2D eigenvalue weighted by Gasteiger charge is -2.07. The molecule has 10 heavy (non-hydrogen) atoms. The first-order valence-electron chi connectivity index (χ1n) is 3.84. The van der Waals surface area contributed by atoms with Gasteiger partial charge in [0.25, 0.3) is 0 Å². The van der Waals surface area contributed by atoms with Crippen molar-refractivity contribution in [3.63, 3.8) is 0 Å². The minimum atomic E-state index is -0.269. The molecule has 0 aliphatic heterocycles. The molecule has 2 atom stereocenters. The largest absolute Gasteiger partial charge is 0.393 e. The van der Waals surface area contributed by atoms with Gasteiger partial charge in [0.05, 0.1) is 6.10 Å². The summed E-state index contributed by atoms with van der Waals surface area (Å²) in [6, 6.07) is 0. The van der Waals surface area contributed by atoms with Gasteiger partial charge in [0.2, 0.25) is 0 Å². The van der Waals surface area contributed by atoms with Gasteiger partial charge in [-0.25, -0.2) is 0 Å². The second-order valence-electron chi connectivity index (χ2n) is 2.73. The number of hydrogen-bond donors (Lipinski definition) is 1. The Balaban J connectivity index is 3.34. The van der Waals surface area contributed by atoms with Crippen molar-refractivity contribution in [3.8, 4) is 0 Å². The van der Waals surface area contributed by atoms with Crippen LogP contribution >= 0.6 is 0 Å². The fourth-order valence-corrected chi connectivity index (χ4v) is 0.824. The van der Waals surface area contributed by atoms with E-state index in [0.717, 1.165) is 25.5 Å². The molecule has 0 fully saturated rings. The van der Waals surface area contributed by atoms with E-state index in [-0.39, 0.29) is 12.0 Å². The lowest BCUT2D eigenvalue weighted by molar-refractivity contribution is -0.111. The number of carbonyl (C=O) groups is 1. The van der Waals surface area contributed by atoms with E-state index in [9.17, 15) is 4.79 Å². The smallest absolute Gasteiger partial charge is 0.123 e. The molecule has 2 nitrogen and oxygen atoms in total. The molecule has 0 aromatic rings. The molecular formula is C8H16O2. The maximum Gasteiger partial charge on any atom is 0.123 e. The summed E-state index contributed by atoms with van der Waals surface area (Å²) in [7, 11) is 0. The van der Waals surface area contributed by atoms with E-state index in [4.69, 9.17) is 5.11 Å². The molecule has 0 rings (SSSR count). The predicted octanol–water partition coefficient (Wildman–Crippen LogP) is 1.37. The normalized spacial score (nSPS) is 16.3. The van der Waals surface area contributed by atoms with Crippen molar-refractivity contribution < 1.29 is 9.90 Å². The molecule has 0 heterocycles. The topological polar surface area (TPSA) is 37.3 Å². The fourth-order valence-electron chi connectivity index (χ4n) is 0.824. The number of aldehydes is 1. The molecule has 0 aromatic carbocycles. The van der Waals surface area contributed by atoms with Crippen molar-refractivity contribution in [2.24, 2.45) is 5.92 Å². The van der Waals surface area contributed by atoms with Gasteiger partial charge in [-0.15, -0.1) is 0 Å². The zero-order chi connectivity index (χ0) is 7.98. The lowest BCUT2D eigenvalue weighted by atomic mass is 10.0. The minimum Gasteiger partial charge on any atom is -0.393 e. The van der Waals surface area contributed by atoms with Crippen molar-refractivity contribution in [2.45, 2.75) is 39.2 Å². The fraction of sp³-hybridized carbons (Fsp3) is 0.875. The molecule has 0 aliphatic carbocycles. The molecular weight excluding hydrogens is 128 g/mol. The summed E-state index contributed by atoms with van der Waals surface area (Å²) in [5.74, 6) is 0.148. The van der Waals surface area contributed by atoms with Gasteiger partial charge in [-0.1, -0.05) is 6.92 Å². The van der Waals surface area contributed by atoms with Crippen molar-refractivity contribution in [1.29, 1.82) is 0 Å². The van der Waals surface area contributed by atoms with Gasteiger partial charge in [0.1, 0.15) is 6.29 Å². The molecule has 0 amide bonds. The molecule has 0 aliphatic rings. The number of aliphatic hydroxyl groups is 1. The van der Waals surface area contributed by atoms with Gasteiger partial charge in [-0.3, -0.25) is 0 Å². The van der Waals surface area contributed by atoms with Gasteiger partial charge < -0.3 is 9.90 Å². The number of aliphatic hydroxyl groups excluding tert-OH is 1. The minimum absolute atomic E-state index is 0.148. The first-order valence-corrected chi connectivity index (χ1v) is 3.84. The average molecular weight is 144 g/mol. The van der Waals surface area contributed by atoms with E-state index in [1.165, 1.54) is 0 Å². The van der Waals surface area contributed by atoms with Crippen molar-refractivity contribution in [1.82, 2.24) is 0 Å². The van der Waals surface area contributed by atoms with Crippen LogP contribution < -0.4 is 0 Å². The molecule has 0 aromatic heterocycles. The number of carbonyl (C=O) groups excluding carboxylic acids is 1. The average Bonchev–Trinajstić information content (AvgIpc) is 1.90. The highest BCUT2D eigenvalue weighted by atomic mass is 16.3. The van der Waals surface area contributed by atoms with Crippen LogP contribution in [0.2, 0.25) is 0 Å². The zero-order valence-corrected chi connectivity index (χ0v) is 6.71. The molecule has 2 unspecified atom stereocenters. The molecule has 0 radical (unpaired) electrons. The monoisotopic (exact) mass is 144 g/mol. The van der Waals surface area contributed by atoms with Gasteiger partial charge in [0, 0.05) is 5.92 Å². The SMILES string of the molecule is CCC(C=O)CCC(C)O. The van der Waals surface area contributed by atoms with Crippen LogP contribution in [0.5, 0.6) is 0 Å². The summed E-state index contributed by atoms with van der Waals surface area (Å²) >= 11 is 0. The molecule has 0 saturated carbocycles. The second-order valence-corrected chi connectivity index (χ2v) is 2.73. The van der Waals surface area contributed by atoms with Crippen LogP contribution in [0.1, 0.15) is 33.1 Å². The summed E-state index contributed by atoms with van der Waals surface area (Å²) in [5.41, 5.74) is 0. The summed E-state index contributed by atoms with van der Waals surface area (Å²) in [6.07, 6.45) is 3.14. The Labute approximate surface area is 62.2 Å². The molecule has 60 valence electrons. The van der Waals surface area contributed by atoms with Crippen LogP contribution in [0.4, 0.5) is 0 Å². The first-order chi connectivity index (χ1) is 4.70. The van der Waals surface area contributed by atoms with E-state index in [1.54, 1.807) is 6.92 Å². The quantitative estimate of drug-likeness (QED) is 0.592. The predicted molar refractivity (Wildman–Crippen MR) is 40.8 cm³/mol. The van der Waals surface area contributed by atoms with E-state index in [1.807, 2.05) is 6.92 Å². The standard InChI is InChI=1S/C8H16O2/c1-3-8(6-9)5-4-7(2)10/h6-8,10H,3-5H2,1-2H3. The Morgan fingerprint density at radius 1 is 1.50 bits per heavy atom. The van der Waals surface area contributed by atoms with Crippen LogP contribution in [-0.2, 0) is 4.79 Å². The molecule has 2 heteroatoms. The van der Waals surface area contributed by atoms with E-state index >= 15 is 0 Å². The van der Waals surface area contributed by atoms with Gasteiger partial charge in [-0.05, 0) is 26.2 Å². The van der Waals surface area contributed by atoms with Crippen molar-refractivity contribution >= 4 is 6.29 Å². The van der Waals surface area contributed by atoms with Gasteiger partial charge in [0.15, 0.2) is 0 Å². The lowest BCUT2D eigenvalue weighted by Crippen LogP contribution is -2.06. The Morgan fingerprint density at radius 3 is 2.40 bits per heavy atom. The third-order valence-electron chi connectivity index (χ3n) is 1.67. The zero-order valence-electron chi connectivity index (χ0n) is 6.71. The van der Waals surface area contributed by atoms with Gasteiger partial charge in [-0.2, -0.15) is 0 Å². The van der Waals surface area contributed by atoms with Gasteiger partial charge >= 0.3 is 0 Å². The molecule has 0 bridgehead atoms. The van der Waals surface area contributed by atoms with Crippen LogP contribution in [0.15, 0.2) is 0 Å². The van der Waals surface area contributed by atoms with Crippen LogP contribution in [-0.4, -0.2) is 17.5 Å². The number of hydrogen-bond acceptors (Lipinski definition) is 2. The Kier molecular flexibility index (Phi) is 5.22. The Bertz CT molecular complexity index is 89.3. The van der Waals surface area contributed by atoms with Crippen LogP contribution in [0.25, 0.3) is 0 Å². The highest BCUT2D eigenvalue weighted by Gasteiger charge is 2.05. The third kappa shape index (κ3) is 4.50. The summed E-state index contributed by atoms with van der Waals surface area (Å²) < 4.78 is 0. The Morgan fingerprint density at radius 2 is 2.10 bits per heavy atom. The van der Waals surface area contributed by atoms with E-state index < -0.39 is 0 Å². The van der Waals surface area contributed by atoms with E-state index in [0.29, 0.717) is 0 Å². The maximum absolute atomic E-state index is 10.3. The molecule has 0 saturated heterocycles. The summed E-state index contributed by atoms with van der Waals surface area (Å²) in [6.45, 7) is 3.73. The first kappa shape index (κ1) is 9.63. The van der Waals surface area contributed by atoms with Crippen molar-refractivity contribution in [3.05, 3.63) is 0 Å².